The first-order valence-corrected chi connectivity index (χ1v) is 9.00. The molecule has 144 valence electrons. The number of rotatable bonds is 5. The monoisotopic (exact) mass is 362 g/mol. The molecular weight excluding hydrogens is 332 g/mol. The van der Waals surface area contributed by atoms with E-state index in [9.17, 15) is 9.59 Å². The number of ether oxygens (including phenoxy) is 2. The van der Waals surface area contributed by atoms with Gasteiger partial charge in [0.2, 0.25) is 11.8 Å². The molecular formula is C20H30N2O4. The molecule has 0 atom stereocenters. The normalized spacial score (nSPS) is 15.0. The molecule has 0 bridgehead atoms. The molecule has 1 fully saturated rings. The zero-order valence-corrected chi connectivity index (χ0v) is 16.5. The van der Waals surface area contributed by atoms with Gasteiger partial charge in [0.25, 0.3) is 0 Å². The van der Waals surface area contributed by atoms with E-state index in [-0.39, 0.29) is 23.7 Å². The predicted molar refractivity (Wildman–Crippen MR) is 100 cm³/mol. The third kappa shape index (κ3) is 5.38. The van der Waals surface area contributed by atoms with Crippen LogP contribution in [0.4, 0.5) is 0 Å². The molecule has 6 nitrogen and oxygen atoms in total. The van der Waals surface area contributed by atoms with Crippen molar-refractivity contribution in [2.45, 2.75) is 33.6 Å². The van der Waals surface area contributed by atoms with Crippen molar-refractivity contribution in [1.29, 1.82) is 0 Å². The van der Waals surface area contributed by atoms with Gasteiger partial charge in [0.1, 0.15) is 11.5 Å². The van der Waals surface area contributed by atoms with Gasteiger partial charge in [-0.25, -0.2) is 0 Å². The molecule has 1 aromatic rings. The zero-order chi connectivity index (χ0) is 19.3. The molecule has 1 heterocycles. The van der Waals surface area contributed by atoms with Gasteiger partial charge in [-0.3, -0.25) is 9.59 Å². The number of piperazine rings is 1. The molecule has 2 amide bonds. The van der Waals surface area contributed by atoms with E-state index in [1.807, 2.05) is 21.9 Å². The Morgan fingerprint density at radius 1 is 0.962 bits per heavy atom. The number of carbonyl (C=O) groups excluding carboxylic acids is 2. The van der Waals surface area contributed by atoms with E-state index in [4.69, 9.17) is 9.47 Å². The Balaban J connectivity index is 1.92. The van der Waals surface area contributed by atoms with Crippen LogP contribution in [0.1, 0.15) is 32.8 Å². The van der Waals surface area contributed by atoms with E-state index in [2.05, 4.69) is 20.8 Å². The highest BCUT2D eigenvalue weighted by Gasteiger charge is 2.27. The van der Waals surface area contributed by atoms with Crippen LogP contribution in [0.25, 0.3) is 0 Å². The lowest BCUT2D eigenvalue weighted by molar-refractivity contribution is -0.140. The maximum atomic E-state index is 12.6. The first-order chi connectivity index (χ1) is 12.2. The van der Waals surface area contributed by atoms with E-state index < -0.39 is 0 Å². The van der Waals surface area contributed by atoms with Crippen molar-refractivity contribution in [3.63, 3.8) is 0 Å². The summed E-state index contributed by atoms with van der Waals surface area (Å²) in [5.74, 6) is 1.57. The Kier molecular flexibility index (Phi) is 6.51. The molecule has 1 aliphatic heterocycles. The molecule has 0 N–H and O–H groups in total. The minimum Gasteiger partial charge on any atom is -0.497 e. The Labute approximate surface area is 156 Å². The van der Waals surface area contributed by atoms with Gasteiger partial charge in [-0.15, -0.1) is 0 Å². The number of methoxy groups -OCH3 is 2. The Morgan fingerprint density at radius 3 is 2.04 bits per heavy atom. The molecule has 1 aliphatic rings. The van der Waals surface area contributed by atoms with Crippen molar-refractivity contribution in [1.82, 2.24) is 9.80 Å². The minimum atomic E-state index is -0.0189. The summed E-state index contributed by atoms with van der Waals surface area (Å²) in [5.41, 5.74) is 0.819. The smallest absolute Gasteiger partial charge is 0.227 e. The highest BCUT2D eigenvalue weighted by molar-refractivity contribution is 5.81. The number of hydrogen-bond donors (Lipinski definition) is 0. The molecule has 0 spiro atoms. The summed E-state index contributed by atoms with van der Waals surface area (Å²) in [5, 5.41) is 0. The first kappa shape index (κ1) is 20.1. The van der Waals surface area contributed by atoms with E-state index in [1.165, 1.54) is 0 Å². The van der Waals surface area contributed by atoms with Gasteiger partial charge in [-0.1, -0.05) is 26.8 Å². The lowest BCUT2D eigenvalue weighted by Gasteiger charge is -2.36. The SMILES string of the molecule is COc1ccc(CC(=O)N2CCN(C(=O)CC(C)(C)C)CC2)c(OC)c1. The number of amides is 2. The van der Waals surface area contributed by atoms with Crippen LogP contribution >= 0.6 is 0 Å². The van der Waals surface area contributed by atoms with Crippen LogP contribution in [0.5, 0.6) is 11.5 Å². The van der Waals surface area contributed by atoms with E-state index in [1.54, 1.807) is 20.3 Å². The Morgan fingerprint density at radius 2 is 1.54 bits per heavy atom. The average Bonchev–Trinajstić information content (AvgIpc) is 2.60. The Bertz CT molecular complexity index is 644. The van der Waals surface area contributed by atoms with Crippen LogP contribution in [0.2, 0.25) is 0 Å². The fourth-order valence-electron chi connectivity index (χ4n) is 3.04. The summed E-state index contributed by atoms with van der Waals surface area (Å²) in [4.78, 5) is 28.6. The largest absolute Gasteiger partial charge is 0.497 e. The summed E-state index contributed by atoms with van der Waals surface area (Å²) in [6, 6.07) is 5.47. The lowest BCUT2D eigenvalue weighted by atomic mass is 9.91. The average molecular weight is 362 g/mol. The molecule has 2 rings (SSSR count). The summed E-state index contributed by atoms with van der Waals surface area (Å²) in [7, 11) is 3.18. The first-order valence-electron chi connectivity index (χ1n) is 9.00. The van der Waals surface area contributed by atoms with Gasteiger partial charge < -0.3 is 19.3 Å². The van der Waals surface area contributed by atoms with Gasteiger partial charge in [0, 0.05) is 44.2 Å². The molecule has 1 aromatic carbocycles. The highest BCUT2D eigenvalue weighted by atomic mass is 16.5. The summed E-state index contributed by atoms with van der Waals surface area (Å²) in [6.45, 7) is 8.54. The standard InChI is InChI=1S/C20H30N2O4/c1-20(2,3)14-19(24)22-10-8-21(9-11-22)18(23)12-15-6-7-16(25-4)13-17(15)26-5/h6-7,13H,8-12,14H2,1-5H3. The fraction of sp³-hybridized carbons (Fsp3) is 0.600. The molecule has 0 unspecified atom stereocenters. The van der Waals surface area contributed by atoms with Crippen molar-refractivity contribution < 1.29 is 19.1 Å². The topological polar surface area (TPSA) is 59.1 Å². The van der Waals surface area contributed by atoms with Crippen molar-refractivity contribution in [2.24, 2.45) is 5.41 Å². The van der Waals surface area contributed by atoms with Crippen LogP contribution in [0.15, 0.2) is 18.2 Å². The predicted octanol–water partition coefficient (Wildman–Crippen LogP) is 2.35. The second-order valence-corrected chi connectivity index (χ2v) is 7.85. The van der Waals surface area contributed by atoms with Gasteiger partial charge in [0.05, 0.1) is 20.6 Å². The molecule has 0 radical (unpaired) electrons. The fourth-order valence-corrected chi connectivity index (χ4v) is 3.04. The molecule has 0 aromatic heterocycles. The summed E-state index contributed by atoms with van der Waals surface area (Å²) >= 11 is 0. The highest BCUT2D eigenvalue weighted by Crippen LogP contribution is 2.25. The van der Waals surface area contributed by atoms with Crippen LogP contribution in [-0.4, -0.2) is 62.0 Å². The van der Waals surface area contributed by atoms with E-state index in [0.29, 0.717) is 44.1 Å². The minimum absolute atomic E-state index is 0.0189. The third-order valence-electron chi connectivity index (χ3n) is 4.50. The van der Waals surface area contributed by atoms with Crippen molar-refractivity contribution >= 4 is 11.8 Å². The summed E-state index contributed by atoms with van der Waals surface area (Å²) in [6.07, 6.45) is 0.813. The van der Waals surface area contributed by atoms with Crippen molar-refractivity contribution in [3.05, 3.63) is 23.8 Å². The molecule has 0 saturated carbocycles. The zero-order valence-electron chi connectivity index (χ0n) is 16.5. The van der Waals surface area contributed by atoms with Crippen molar-refractivity contribution in [3.8, 4) is 11.5 Å². The van der Waals surface area contributed by atoms with Crippen molar-refractivity contribution in [2.75, 3.05) is 40.4 Å². The van der Waals surface area contributed by atoms with Crippen LogP contribution in [0, 0.1) is 5.41 Å². The number of carbonyl (C=O) groups is 2. The molecule has 1 saturated heterocycles. The van der Waals surface area contributed by atoms with E-state index >= 15 is 0 Å². The van der Waals surface area contributed by atoms with Gasteiger partial charge in [-0.05, 0) is 11.5 Å². The molecule has 6 heteroatoms. The number of benzene rings is 1. The van der Waals surface area contributed by atoms with Gasteiger partial charge in [0.15, 0.2) is 0 Å². The quantitative estimate of drug-likeness (QED) is 0.807. The Hall–Kier alpha value is -2.24. The number of hydrogen-bond acceptors (Lipinski definition) is 4. The lowest BCUT2D eigenvalue weighted by Crippen LogP contribution is -2.51. The maximum absolute atomic E-state index is 12.6. The summed E-state index contributed by atoms with van der Waals surface area (Å²) < 4.78 is 10.6. The maximum Gasteiger partial charge on any atom is 0.227 e. The van der Waals surface area contributed by atoms with Crippen LogP contribution < -0.4 is 9.47 Å². The molecule has 26 heavy (non-hydrogen) atoms. The third-order valence-corrected chi connectivity index (χ3v) is 4.50. The van der Waals surface area contributed by atoms with E-state index in [0.717, 1.165) is 5.56 Å². The second-order valence-electron chi connectivity index (χ2n) is 7.85. The van der Waals surface area contributed by atoms with Gasteiger partial charge in [-0.2, -0.15) is 0 Å². The molecule has 0 aliphatic carbocycles. The van der Waals surface area contributed by atoms with Crippen LogP contribution in [0.3, 0.4) is 0 Å². The second kappa shape index (κ2) is 8.43. The van der Waals surface area contributed by atoms with Gasteiger partial charge >= 0.3 is 0 Å². The number of nitrogens with zero attached hydrogens (tertiary/aromatic N) is 2. The van der Waals surface area contributed by atoms with Crippen LogP contribution in [-0.2, 0) is 16.0 Å².